The number of phenols is 1. The van der Waals surface area contributed by atoms with Gasteiger partial charge in [0.1, 0.15) is 22.4 Å². The molecular weight excluding hydrogens is 392 g/mol. The molecule has 8 heteroatoms. The Morgan fingerprint density at radius 2 is 2.14 bits per heavy atom. The first-order valence-electron chi connectivity index (χ1n) is 9.24. The van der Waals surface area contributed by atoms with Crippen LogP contribution >= 0.6 is 11.3 Å². The highest BCUT2D eigenvalue weighted by atomic mass is 32.1. The normalized spacial score (nSPS) is 12.9. The Hall–Kier alpha value is -3.31. The molecule has 3 aromatic rings. The largest absolute Gasteiger partial charge is 0.508 e. The second-order valence-electron chi connectivity index (χ2n) is 6.85. The van der Waals surface area contributed by atoms with E-state index in [0.717, 1.165) is 36.1 Å². The summed E-state index contributed by atoms with van der Waals surface area (Å²) in [5.41, 5.74) is 2.64. The van der Waals surface area contributed by atoms with Gasteiger partial charge in [0.05, 0.1) is 18.2 Å². The number of fused-ring (bicyclic) bond motifs is 2. The van der Waals surface area contributed by atoms with Gasteiger partial charge in [0.15, 0.2) is 6.61 Å². The molecule has 2 heterocycles. The average molecular weight is 410 g/mol. The van der Waals surface area contributed by atoms with Crippen LogP contribution in [0.15, 0.2) is 28.9 Å². The number of carbonyl (C=O) groups is 2. The summed E-state index contributed by atoms with van der Waals surface area (Å²) in [7, 11) is 0. The third-order valence-corrected chi connectivity index (χ3v) is 6.08. The zero-order valence-corrected chi connectivity index (χ0v) is 16.3. The van der Waals surface area contributed by atoms with Crippen LogP contribution in [0.3, 0.4) is 0 Å². The topological polar surface area (TPSA) is 113 Å². The lowest BCUT2D eigenvalue weighted by Crippen LogP contribution is -2.21. The number of benzene rings is 1. The lowest BCUT2D eigenvalue weighted by atomic mass is 9.96. The molecule has 1 aliphatic carbocycles. The molecular formula is C21H18N2O5S. The highest BCUT2D eigenvalue weighted by molar-refractivity contribution is 7.16. The zero-order chi connectivity index (χ0) is 20.4. The summed E-state index contributed by atoms with van der Waals surface area (Å²) in [6, 6.07) is 6.81. The molecule has 29 heavy (non-hydrogen) atoms. The van der Waals surface area contributed by atoms with Crippen molar-refractivity contribution in [1.82, 2.24) is 0 Å². The molecule has 0 spiro atoms. The van der Waals surface area contributed by atoms with Crippen LogP contribution in [0.4, 0.5) is 5.00 Å². The van der Waals surface area contributed by atoms with Crippen LogP contribution in [-0.2, 0) is 33.6 Å². The lowest BCUT2D eigenvalue weighted by molar-refractivity contribution is -0.146. The highest BCUT2D eigenvalue weighted by Gasteiger charge is 2.22. The Morgan fingerprint density at radius 1 is 1.31 bits per heavy atom. The number of esters is 1. The number of nitriles is 1. The van der Waals surface area contributed by atoms with E-state index in [4.69, 9.17) is 9.15 Å². The summed E-state index contributed by atoms with van der Waals surface area (Å²) < 4.78 is 10.4. The number of nitrogens with one attached hydrogen (secondary N) is 1. The molecule has 0 bridgehead atoms. The fraction of sp³-hybridized carbons (Fsp3) is 0.286. The Morgan fingerprint density at radius 3 is 2.97 bits per heavy atom. The van der Waals surface area contributed by atoms with Gasteiger partial charge in [-0.15, -0.1) is 11.3 Å². The number of amides is 1. The summed E-state index contributed by atoms with van der Waals surface area (Å²) >= 11 is 1.43. The lowest BCUT2D eigenvalue weighted by Gasteiger charge is -2.09. The van der Waals surface area contributed by atoms with Gasteiger partial charge in [0.25, 0.3) is 5.91 Å². The van der Waals surface area contributed by atoms with E-state index in [2.05, 4.69) is 11.4 Å². The smallest absolute Gasteiger partial charge is 0.310 e. The number of hydrogen-bond acceptors (Lipinski definition) is 7. The maximum Gasteiger partial charge on any atom is 0.310 e. The van der Waals surface area contributed by atoms with Crippen molar-refractivity contribution in [2.45, 2.75) is 32.1 Å². The Kier molecular flexibility index (Phi) is 5.23. The monoisotopic (exact) mass is 410 g/mol. The second kappa shape index (κ2) is 7.97. The van der Waals surface area contributed by atoms with Gasteiger partial charge in [0.2, 0.25) is 0 Å². The van der Waals surface area contributed by atoms with Crippen LogP contribution in [0.2, 0.25) is 0 Å². The number of nitrogens with zero attached hydrogens (tertiary/aromatic N) is 1. The number of aromatic hydroxyl groups is 1. The van der Waals surface area contributed by atoms with Gasteiger partial charge >= 0.3 is 5.97 Å². The van der Waals surface area contributed by atoms with Crippen molar-refractivity contribution in [3.05, 3.63) is 46.0 Å². The van der Waals surface area contributed by atoms with Crippen LogP contribution in [0.25, 0.3) is 11.0 Å². The second-order valence-corrected chi connectivity index (χ2v) is 7.96. The minimum atomic E-state index is -0.568. The molecule has 2 aromatic heterocycles. The van der Waals surface area contributed by atoms with Crippen LogP contribution in [0.1, 0.15) is 34.4 Å². The van der Waals surface area contributed by atoms with E-state index in [9.17, 15) is 20.0 Å². The van der Waals surface area contributed by atoms with E-state index in [-0.39, 0.29) is 12.2 Å². The number of carbonyl (C=O) groups excluding carboxylic acids is 2. The Labute approximate surface area is 170 Å². The number of thiophene rings is 1. The molecule has 0 aliphatic heterocycles. The van der Waals surface area contributed by atoms with Crippen LogP contribution in [-0.4, -0.2) is 23.6 Å². The van der Waals surface area contributed by atoms with E-state index < -0.39 is 18.5 Å². The molecule has 1 aliphatic rings. The number of phenolic OH excluding ortho intramolecular Hbond substituents is 1. The average Bonchev–Trinajstić information content (AvgIpc) is 3.26. The van der Waals surface area contributed by atoms with Crippen molar-refractivity contribution in [1.29, 1.82) is 5.26 Å². The first-order valence-corrected chi connectivity index (χ1v) is 10.1. The predicted molar refractivity (Wildman–Crippen MR) is 107 cm³/mol. The SMILES string of the molecule is N#Cc1c(NC(=O)COC(=O)Cc2coc3cc(O)ccc23)sc2c1CCCC2. The molecule has 0 radical (unpaired) electrons. The fourth-order valence-corrected chi connectivity index (χ4v) is 4.75. The van der Waals surface area contributed by atoms with E-state index in [1.807, 2.05) is 0 Å². The summed E-state index contributed by atoms with van der Waals surface area (Å²) in [4.78, 5) is 25.5. The quantitative estimate of drug-likeness (QED) is 0.621. The summed E-state index contributed by atoms with van der Waals surface area (Å²) in [6.07, 6.45) is 5.30. The molecule has 0 unspecified atom stereocenters. The van der Waals surface area contributed by atoms with Gasteiger partial charge in [0, 0.05) is 21.9 Å². The van der Waals surface area contributed by atoms with Gasteiger partial charge in [-0.2, -0.15) is 5.26 Å². The molecule has 2 N–H and O–H groups in total. The third-order valence-electron chi connectivity index (χ3n) is 4.87. The van der Waals surface area contributed by atoms with Gasteiger partial charge < -0.3 is 19.6 Å². The molecule has 1 amide bonds. The van der Waals surface area contributed by atoms with Crippen LogP contribution in [0.5, 0.6) is 5.75 Å². The molecule has 0 saturated heterocycles. The Balaban J connectivity index is 1.35. The van der Waals surface area contributed by atoms with Crippen molar-refractivity contribution >= 4 is 39.2 Å². The van der Waals surface area contributed by atoms with E-state index >= 15 is 0 Å². The van der Waals surface area contributed by atoms with E-state index in [1.54, 1.807) is 6.07 Å². The third kappa shape index (κ3) is 3.96. The van der Waals surface area contributed by atoms with Gasteiger partial charge in [-0.1, -0.05) is 0 Å². The van der Waals surface area contributed by atoms with Crippen molar-refractivity contribution in [2.24, 2.45) is 0 Å². The van der Waals surface area contributed by atoms with Crippen molar-refractivity contribution in [2.75, 3.05) is 11.9 Å². The number of rotatable bonds is 5. The first kappa shape index (κ1) is 19.0. The molecule has 4 rings (SSSR count). The molecule has 0 fully saturated rings. The van der Waals surface area contributed by atoms with Crippen molar-refractivity contribution in [3.63, 3.8) is 0 Å². The summed E-state index contributed by atoms with van der Waals surface area (Å²) in [5, 5.41) is 22.8. The first-order chi connectivity index (χ1) is 14.0. The molecule has 0 saturated carbocycles. The minimum Gasteiger partial charge on any atom is -0.508 e. The maximum atomic E-state index is 12.2. The predicted octanol–water partition coefficient (Wildman–Crippen LogP) is 3.67. The number of hydrogen-bond donors (Lipinski definition) is 2. The summed E-state index contributed by atoms with van der Waals surface area (Å²) in [5.74, 6) is -0.970. The van der Waals surface area contributed by atoms with Crippen molar-refractivity contribution < 1.29 is 23.8 Å². The highest BCUT2D eigenvalue weighted by Crippen LogP contribution is 2.37. The molecule has 7 nitrogen and oxygen atoms in total. The number of aryl methyl sites for hydroxylation is 1. The Bertz CT molecular complexity index is 1140. The van der Waals surface area contributed by atoms with Gasteiger partial charge in [-0.05, 0) is 43.4 Å². The van der Waals surface area contributed by atoms with Crippen molar-refractivity contribution in [3.8, 4) is 11.8 Å². The van der Waals surface area contributed by atoms with Gasteiger partial charge in [-0.3, -0.25) is 9.59 Å². The van der Waals surface area contributed by atoms with E-state index in [0.29, 0.717) is 27.1 Å². The van der Waals surface area contributed by atoms with Crippen LogP contribution < -0.4 is 5.32 Å². The molecule has 1 aromatic carbocycles. The summed E-state index contributed by atoms with van der Waals surface area (Å²) in [6.45, 7) is -0.428. The fourth-order valence-electron chi connectivity index (χ4n) is 3.50. The minimum absolute atomic E-state index is 0.0538. The number of anilines is 1. The standard InChI is InChI=1S/C21H18N2O5S/c22-9-16-15-3-1-2-4-18(15)29-21(16)23-19(25)11-28-20(26)7-12-10-27-17-8-13(24)5-6-14(12)17/h5-6,8,10,24H,1-4,7,11H2,(H,23,25). The molecule has 148 valence electrons. The van der Waals surface area contributed by atoms with E-state index in [1.165, 1.54) is 29.7 Å². The maximum absolute atomic E-state index is 12.2. The number of furan rings is 1. The molecule has 0 atom stereocenters. The number of ether oxygens (including phenoxy) is 1. The van der Waals surface area contributed by atoms with Gasteiger partial charge in [-0.25, -0.2) is 0 Å². The zero-order valence-electron chi connectivity index (χ0n) is 15.5. The van der Waals surface area contributed by atoms with Crippen LogP contribution in [0, 0.1) is 11.3 Å².